The van der Waals surface area contributed by atoms with Crippen LogP contribution in [0.4, 0.5) is 0 Å². The Morgan fingerprint density at radius 2 is 1.77 bits per heavy atom. The third-order valence-corrected chi connectivity index (χ3v) is 6.19. The molecule has 4 rings (SSSR count). The molecule has 2 fully saturated rings. The number of likely N-dealkylation sites (tertiary alicyclic amines) is 1. The Bertz CT molecular complexity index is 746. The molecule has 0 N–H and O–H groups in total. The molecule has 1 saturated heterocycles. The molecule has 0 unspecified atom stereocenters. The molecule has 1 saturated carbocycles. The second-order valence-corrected chi connectivity index (χ2v) is 7.47. The van der Waals surface area contributed by atoms with Crippen LogP contribution in [0.15, 0.2) is 36.7 Å². The summed E-state index contributed by atoms with van der Waals surface area (Å²) >= 11 is 0. The van der Waals surface area contributed by atoms with Crippen molar-refractivity contribution >= 4 is 17.7 Å². The van der Waals surface area contributed by atoms with E-state index in [1.807, 2.05) is 19.1 Å². The van der Waals surface area contributed by atoms with Crippen molar-refractivity contribution in [3.05, 3.63) is 42.2 Å². The monoisotopic (exact) mass is 353 g/mol. The van der Waals surface area contributed by atoms with E-state index in [1.165, 1.54) is 4.90 Å². The number of pyridine rings is 1. The van der Waals surface area contributed by atoms with Gasteiger partial charge in [0.15, 0.2) is 0 Å². The van der Waals surface area contributed by atoms with Crippen LogP contribution in [-0.4, -0.2) is 46.1 Å². The molecule has 0 radical (unpaired) electrons. The van der Waals surface area contributed by atoms with Crippen LogP contribution in [0.5, 0.6) is 0 Å². The van der Waals surface area contributed by atoms with Crippen molar-refractivity contribution in [1.29, 1.82) is 0 Å². The number of imide groups is 1. The van der Waals surface area contributed by atoms with Crippen LogP contribution < -0.4 is 0 Å². The van der Waals surface area contributed by atoms with Gasteiger partial charge in [-0.05, 0) is 42.4 Å². The number of carbonyl (C=O) groups is 3. The van der Waals surface area contributed by atoms with Gasteiger partial charge in [-0.25, -0.2) is 0 Å². The van der Waals surface area contributed by atoms with E-state index in [2.05, 4.69) is 17.1 Å². The van der Waals surface area contributed by atoms with Gasteiger partial charge in [-0.2, -0.15) is 0 Å². The summed E-state index contributed by atoms with van der Waals surface area (Å²) < 4.78 is 0. The summed E-state index contributed by atoms with van der Waals surface area (Å²) in [6, 6.07) is 3.67. The van der Waals surface area contributed by atoms with Gasteiger partial charge < -0.3 is 4.90 Å². The minimum Gasteiger partial charge on any atom is -0.337 e. The van der Waals surface area contributed by atoms with E-state index < -0.39 is 0 Å². The molecule has 0 aromatic carbocycles. The molecule has 2 aliphatic carbocycles. The fourth-order valence-corrected chi connectivity index (χ4v) is 4.86. The number of fused-ring (bicyclic) bond motifs is 5. The van der Waals surface area contributed by atoms with Crippen LogP contribution >= 0.6 is 0 Å². The molecule has 1 aliphatic heterocycles. The number of amides is 3. The van der Waals surface area contributed by atoms with Crippen LogP contribution in [0.25, 0.3) is 0 Å². The Morgan fingerprint density at radius 3 is 2.31 bits per heavy atom. The van der Waals surface area contributed by atoms with Crippen molar-refractivity contribution in [2.24, 2.45) is 23.7 Å². The number of carbonyl (C=O) groups excluding carboxylic acids is 3. The smallest absolute Gasteiger partial charge is 0.242 e. The molecule has 6 heteroatoms. The molecule has 26 heavy (non-hydrogen) atoms. The number of hydrogen-bond acceptors (Lipinski definition) is 4. The van der Waals surface area contributed by atoms with Gasteiger partial charge in [0.05, 0.1) is 17.9 Å². The summed E-state index contributed by atoms with van der Waals surface area (Å²) in [5, 5.41) is 0. The maximum atomic E-state index is 12.8. The molecule has 136 valence electrons. The van der Waals surface area contributed by atoms with E-state index in [0.717, 1.165) is 18.4 Å². The second-order valence-electron chi connectivity index (χ2n) is 7.47. The molecule has 6 nitrogen and oxygen atoms in total. The molecule has 0 spiro atoms. The number of likely N-dealkylation sites (N-methyl/N-ethyl adjacent to an activating group) is 1. The van der Waals surface area contributed by atoms with Crippen molar-refractivity contribution in [2.45, 2.75) is 25.8 Å². The highest BCUT2D eigenvalue weighted by Crippen LogP contribution is 2.52. The molecule has 2 heterocycles. The zero-order valence-corrected chi connectivity index (χ0v) is 15.0. The van der Waals surface area contributed by atoms with Crippen LogP contribution in [-0.2, 0) is 14.4 Å². The van der Waals surface area contributed by atoms with Crippen LogP contribution in [0.1, 0.15) is 31.4 Å². The predicted octanol–water partition coefficient (Wildman–Crippen LogP) is 1.80. The topological polar surface area (TPSA) is 70.6 Å². The predicted molar refractivity (Wildman–Crippen MR) is 94.5 cm³/mol. The Kier molecular flexibility index (Phi) is 4.13. The van der Waals surface area contributed by atoms with Gasteiger partial charge in [0, 0.05) is 19.4 Å². The first-order chi connectivity index (χ1) is 12.5. The highest BCUT2D eigenvalue weighted by molar-refractivity contribution is 6.08. The van der Waals surface area contributed by atoms with Gasteiger partial charge in [0.1, 0.15) is 6.54 Å². The maximum absolute atomic E-state index is 12.8. The molecular weight excluding hydrogens is 330 g/mol. The van der Waals surface area contributed by atoms with Gasteiger partial charge in [-0.1, -0.05) is 19.1 Å². The molecule has 3 aliphatic rings. The summed E-state index contributed by atoms with van der Waals surface area (Å²) in [6.45, 7) is 1.84. The number of hydrogen-bond donors (Lipinski definition) is 0. The van der Waals surface area contributed by atoms with E-state index >= 15 is 0 Å². The lowest BCUT2D eigenvalue weighted by Gasteiger charge is -2.29. The van der Waals surface area contributed by atoms with E-state index in [9.17, 15) is 14.4 Å². The standard InChI is InChI=1S/C20H23N3O3/c1-3-15(12-6-8-21-9-7-12)22(2)16(24)11-23-19(25)17-13-4-5-14(10-13)18(17)20(23)26/h4-9,13-15,17-18H,3,10-11H2,1-2H3/t13-,14-,15+,17+,18+/m0/s1. The van der Waals surface area contributed by atoms with Gasteiger partial charge in [0.25, 0.3) is 0 Å². The summed E-state index contributed by atoms with van der Waals surface area (Å²) in [7, 11) is 1.73. The molecular formula is C20H23N3O3. The molecule has 1 aromatic heterocycles. The maximum Gasteiger partial charge on any atom is 0.242 e. The number of rotatable bonds is 5. The third kappa shape index (κ3) is 2.47. The van der Waals surface area contributed by atoms with Crippen molar-refractivity contribution in [3.63, 3.8) is 0 Å². The Hall–Kier alpha value is -2.50. The Balaban J connectivity index is 1.48. The van der Waals surface area contributed by atoms with Gasteiger partial charge >= 0.3 is 0 Å². The molecule has 2 bridgehead atoms. The minimum absolute atomic E-state index is 0.101. The lowest BCUT2D eigenvalue weighted by Crippen LogP contribution is -2.43. The fraction of sp³-hybridized carbons (Fsp3) is 0.500. The van der Waals surface area contributed by atoms with Crippen molar-refractivity contribution < 1.29 is 14.4 Å². The first kappa shape index (κ1) is 16.9. The zero-order chi connectivity index (χ0) is 18.4. The van der Waals surface area contributed by atoms with Crippen LogP contribution in [0.3, 0.4) is 0 Å². The van der Waals surface area contributed by atoms with Crippen molar-refractivity contribution in [1.82, 2.24) is 14.8 Å². The van der Waals surface area contributed by atoms with Gasteiger partial charge in [-0.3, -0.25) is 24.3 Å². The molecule has 5 atom stereocenters. The SMILES string of the molecule is CC[C@H](c1ccncc1)N(C)C(=O)CN1C(=O)[C@H]2[C@H](C1=O)[C@H]1C=C[C@H]2C1. The average Bonchev–Trinajstić information content (AvgIpc) is 3.33. The number of aromatic nitrogens is 1. The summed E-state index contributed by atoms with van der Waals surface area (Å²) in [6.07, 6.45) is 9.17. The first-order valence-electron chi connectivity index (χ1n) is 9.22. The summed E-state index contributed by atoms with van der Waals surface area (Å²) in [4.78, 5) is 45.1. The van der Waals surface area contributed by atoms with E-state index in [1.54, 1.807) is 24.3 Å². The van der Waals surface area contributed by atoms with Crippen LogP contribution in [0, 0.1) is 23.7 Å². The minimum atomic E-state index is -0.252. The van der Waals surface area contributed by atoms with Crippen LogP contribution in [0.2, 0.25) is 0 Å². The Morgan fingerprint density at radius 1 is 1.19 bits per heavy atom. The van der Waals surface area contributed by atoms with E-state index in [4.69, 9.17) is 0 Å². The average molecular weight is 353 g/mol. The number of nitrogens with zero attached hydrogens (tertiary/aromatic N) is 3. The lowest BCUT2D eigenvalue weighted by atomic mass is 9.85. The third-order valence-electron chi connectivity index (χ3n) is 6.19. The van der Waals surface area contributed by atoms with Gasteiger partial charge in [-0.15, -0.1) is 0 Å². The van der Waals surface area contributed by atoms with E-state index in [0.29, 0.717) is 0 Å². The zero-order valence-electron chi connectivity index (χ0n) is 15.0. The number of allylic oxidation sites excluding steroid dienone is 2. The van der Waals surface area contributed by atoms with Gasteiger partial charge in [0.2, 0.25) is 17.7 Å². The van der Waals surface area contributed by atoms with Crippen molar-refractivity contribution in [3.8, 4) is 0 Å². The highest BCUT2D eigenvalue weighted by Gasteiger charge is 2.59. The summed E-state index contributed by atoms with van der Waals surface area (Å²) in [5.41, 5.74) is 0.997. The van der Waals surface area contributed by atoms with Crippen molar-refractivity contribution in [2.75, 3.05) is 13.6 Å². The Labute approximate surface area is 152 Å². The molecule has 3 amide bonds. The lowest BCUT2D eigenvalue weighted by molar-refractivity contribution is -0.147. The molecule has 1 aromatic rings. The second kappa shape index (κ2) is 6.34. The fourth-order valence-electron chi connectivity index (χ4n) is 4.86. The normalized spacial score (nSPS) is 30.0. The van der Waals surface area contributed by atoms with E-state index in [-0.39, 0.29) is 54.0 Å². The quantitative estimate of drug-likeness (QED) is 0.598. The summed E-state index contributed by atoms with van der Waals surface area (Å²) in [5.74, 6) is -0.726. The largest absolute Gasteiger partial charge is 0.337 e. The highest BCUT2D eigenvalue weighted by atomic mass is 16.2. The first-order valence-corrected chi connectivity index (χ1v) is 9.22.